The van der Waals surface area contributed by atoms with Gasteiger partial charge in [0.25, 0.3) is 5.91 Å². The molecule has 1 amide bonds. The lowest BCUT2D eigenvalue weighted by molar-refractivity contribution is 0.0712. The van der Waals surface area contributed by atoms with Crippen molar-refractivity contribution in [2.24, 2.45) is 0 Å². The molecule has 0 unspecified atom stereocenters. The van der Waals surface area contributed by atoms with Gasteiger partial charge in [0.05, 0.1) is 17.8 Å². The highest BCUT2D eigenvalue weighted by molar-refractivity contribution is 6.30. The van der Waals surface area contributed by atoms with Crippen LogP contribution < -0.4 is 4.90 Å². The normalized spacial score (nSPS) is 14.7. The van der Waals surface area contributed by atoms with Gasteiger partial charge in [-0.3, -0.25) is 9.48 Å². The molecule has 8 heteroatoms. The fraction of sp³-hybridized carbons (Fsp3) is 0.278. The number of carbonyl (C=O) groups is 1. The second kappa shape index (κ2) is 7.21. The van der Waals surface area contributed by atoms with Crippen LogP contribution in [0.3, 0.4) is 0 Å². The summed E-state index contributed by atoms with van der Waals surface area (Å²) in [5.74, 6) is 1.87. The first-order valence-corrected chi connectivity index (χ1v) is 8.79. The Kier molecular flexibility index (Phi) is 4.62. The molecule has 1 saturated heterocycles. The molecule has 0 radical (unpaired) electrons. The van der Waals surface area contributed by atoms with Crippen molar-refractivity contribution in [3.05, 3.63) is 65.5 Å². The van der Waals surface area contributed by atoms with Crippen LogP contribution in [-0.4, -0.2) is 51.8 Å². The molecular weight excluding hydrogens is 354 g/mol. The van der Waals surface area contributed by atoms with Gasteiger partial charge in [-0.15, -0.1) is 0 Å². The first kappa shape index (κ1) is 16.7. The summed E-state index contributed by atoms with van der Waals surface area (Å²) < 4.78 is 7.37. The van der Waals surface area contributed by atoms with Gasteiger partial charge >= 0.3 is 0 Å². The predicted molar refractivity (Wildman–Crippen MR) is 97.4 cm³/mol. The molecule has 1 aliphatic rings. The molecule has 1 aliphatic heterocycles. The first-order valence-electron chi connectivity index (χ1n) is 8.41. The Morgan fingerprint density at radius 2 is 2.00 bits per heavy atom. The Morgan fingerprint density at radius 3 is 2.69 bits per heavy atom. The monoisotopic (exact) mass is 371 g/mol. The van der Waals surface area contributed by atoms with Crippen LogP contribution in [0.25, 0.3) is 0 Å². The summed E-state index contributed by atoms with van der Waals surface area (Å²) in [6, 6.07) is 9.37. The van der Waals surface area contributed by atoms with E-state index in [1.165, 1.54) is 0 Å². The van der Waals surface area contributed by atoms with Crippen molar-refractivity contribution >= 4 is 23.3 Å². The van der Waals surface area contributed by atoms with Crippen LogP contribution in [0.4, 0.5) is 5.82 Å². The van der Waals surface area contributed by atoms with Crippen molar-refractivity contribution in [3.8, 4) is 0 Å². The zero-order valence-corrected chi connectivity index (χ0v) is 14.8. The topological polar surface area (TPSA) is 67.4 Å². The number of pyridine rings is 1. The Morgan fingerprint density at radius 1 is 1.15 bits per heavy atom. The van der Waals surface area contributed by atoms with Crippen LogP contribution in [0.1, 0.15) is 16.3 Å². The minimum Gasteiger partial charge on any atom is -0.454 e. The van der Waals surface area contributed by atoms with Crippen molar-refractivity contribution in [1.29, 1.82) is 0 Å². The van der Waals surface area contributed by atoms with Gasteiger partial charge in [0.2, 0.25) is 0 Å². The molecule has 0 N–H and O–H groups in total. The van der Waals surface area contributed by atoms with Crippen LogP contribution >= 0.6 is 11.6 Å². The summed E-state index contributed by atoms with van der Waals surface area (Å²) >= 11 is 5.86. The van der Waals surface area contributed by atoms with Crippen LogP contribution in [-0.2, 0) is 6.54 Å². The van der Waals surface area contributed by atoms with E-state index >= 15 is 0 Å². The number of furan rings is 1. The third kappa shape index (κ3) is 3.57. The summed E-state index contributed by atoms with van der Waals surface area (Å²) in [7, 11) is 0. The SMILES string of the molecule is O=C(c1ccc(Cn2cc(Cl)cn2)o1)N1CCN(c2ccccn2)CC1. The average molecular weight is 372 g/mol. The Balaban J connectivity index is 1.36. The summed E-state index contributed by atoms with van der Waals surface area (Å²) in [6.45, 7) is 3.22. The predicted octanol–water partition coefficient (Wildman–Crippen LogP) is 2.54. The van der Waals surface area contributed by atoms with E-state index < -0.39 is 0 Å². The Hall–Kier alpha value is -2.80. The molecule has 7 nitrogen and oxygen atoms in total. The quantitative estimate of drug-likeness (QED) is 0.705. The number of hydrogen-bond acceptors (Lipinski definition) is 5. The smallest absolute Gasteiger partial charge is 0.289 e. The van der Waals surface area contributed by atoms with Gasteiger partial charge in [-0.2, -0.15) is 5.10 Å². The number of rotatable bonds is 4. The van der Waals surface area contributed by atoms with Gasteiger partial charge in [0.1, 0.15) is 11.6 Å². The van der Waals surface area contributed by atoms with E-state index in [1.807, 2.05) is 23.1 Å². The zero-order valence-electron chi connectivity index (χ0n) is 14.1. The van der Waals surface area contributed by atoms with E-state index in [9.17, 15) is 4.79 Å². The molecule has 0 bridgehead atoms. The molecule has 0 saturated carbocycles. The highest BCUT2D eigenvalue weighted by Gasteiger charge is 2.24. The van der Waals surface area contributed by atoms with Gasteiger partial charge in [0.15, 0.2) is 5.76 Å². The Labute approximate surface area is 155 Å². The third-order valence-electron chi connectivity index (χ3n) is 4.33. The van der Waals surface area contributed by atoms with Gasteiger partial charge in [-0.05, 0) is 24.3 Å². The van der Waals surface area contributed by atoms with E-state index in [4.69, 9.17) is 16.0 Å². The highest BCUT2D eigenvalue weighted by Crippen LogP contribution is 2.17. The zero-order chi connectivity index (χ0) is 17.9. The van der Waals surface area contributed by atoms with E-state index in [0.717, 1.165) is 18.9 Å². The second-order valence-corrected chi connectivity index (χ2v) is 6.53. The molecule has 0 spiro atoms. The number of piperazine rings is 1. The molecular formula is C18H18ClN5O2. The van der Waals surface area contributed by atoms with Crippen molar-refractivity contribution in [2.45, 2.75) is 6.54 Å². The van der Waals surface area contributed by atoms with Crippen LogP contribution in [0, 0.1) is 0 Å². The molecule has 1 fully saturated rings. The lowest BCUT2D eigenvalue weighted by Gasteiger charge is -2.34. The van der Waals surface area contributed by atoms with Crippen LogP contribution in [0.15, 0.2) is 53.3 Å². The highest BCUT2D eigenvalue weighted by atomic mass is 35.5. The average Bonchev–Trinajstić information content (AvgIpc) is 3.31. The molecule has 0 aliphatic carbocycles. The standard InChI is InChI=1S/C18H18ClN5O2/c19-14-11-21-24(12-14)13-15-4-5-16(26-15)18(25)23-9-7-22(8-10-23)17-3-1-2-6-20-17/h1-6,11-12H,7-10,13H2. The number of amides is 1. The summed E-state index contributed by atoms with van der Waals surface area (Å²) in [5, 5.41) is 4.68. The van der Waals surface area contributed by atoms with E-state index in [2.05, 4.69) is 15.0 Å². The Bertz CT molecular complexity index is 884. The van der Waals surface area contributed by atoms with Crippen molar-refractivity contribution in [3.63, 3.8) is 0 Å². The molecule has 0 aromatic carbocycles. The molecule has 0 atom stereocenters. The number of aromatic nitrogens is 3. The fourth-order valence-electron chi connectivity index (χ4n) is 3.00. The number of halogens is 1. The summed E-state index contributed by atoms with van der Waals surface area (Å²) in [5.41, 5.74) is 0. The van der Waals surface area contributed by atoms with Crippen LogP contribution in [0.5, 0.6) is 0 Å². The minimum atomic E-state index is -0.0876. The maximum Gasteiger partial charge on any atom is 0.289 e. The molecule has 134 valence electrons. The molecule has 26 heavy (non-hydrogen) atoms. The third-order valence-corrected chi connectivity index (χ3v) is 4.53. The van der Waals surface area contributed by atoms with Gasteiger partial charge in [-0.25, -0.2) is 4.98 Å². The fourth-order valence-corrected chi connectivity index (χ4v) is 3.15. The van der Waals surface area contributed by atoms with E-state index in [0.29, 0.717) is 36.2 Å². The molecule has 3 aromatic rings. The maximum absolute atomic E-state index is 12.7. The van der Waals surface area contributed by atoms with Gasteiger partial charge < -0.3 is 14.2 Å². The van der Waals surface area contributed by atoms with E-state index in [-0.39, 0.29) is 5.91 Å². The number of carbonyl (C=O) groups excluding carboxylic acids is 1. The minimum absolute atomic E-state index is 0.0876. The summed E-state index contributed by atoms with van der Waals surface area (Å²) in [6.07, 6.45) is 5.06. The van der Waals surface area contributed by atoms with Crippen molar-refractivity contribution in [2.75, 3.05) is 31.1 Å². The summed E-state index contributed by atoms with van der Waals surface area (Å²) in [4.78, 5) is 21.0. The molecule has 3 aromatic heterocycles. The first-order chi connectivity index (χ1) is 12.7. The largest absolute Gasteiger partial charge is 0.454 e. The van der Waals surface area contributed by atoms with Crippen molar-refractivity contribution in [1.82, 2.24) is 19.7 Å². The molecule has 4 heterocycles. The van der Waals surface area contributed by atoms with Gasteiger partial charge in [0, 0.05) is 38.6 Å². The lowest BCUT2D eigenvalue weighted by Crippen LogP contribution is -2.49. The number of hydrogen-bond donors (Lipinski definition) is 0. The number of nitrogens with zero attached hydrogens (tertiary/aromatic N) is 5. The van der Waals surface area contributed by atoms with Crippen molar-refractivity contribution < 1.29 is 9.21 Å². The van der Waals surface area contributed by atoms with E-state index in [1.54, 1.807) is 35.4 Å². The van der Waals surface area contributed by atoms with Gasteiger partial charge in [-0.1, -0.05) is 17.7 Å². The maximum atomic E-state index is 12.7. The number of anilines is 1. The lowest BCUT2D eigenvalue weighted by atomic mass is 10.2. The van der Waals surface area contributed by atoms with Crippen LogP contribution in [0.2, 0.25) is 5.02 Å². The second-order valence-electron chi connectivity index (χ2n) is 6.09. The molecule has 4 rings (SSSR count).